The van der Waals surface area contributed by atoms with Crippen molar-refractivity contribution in [3.63, 3.8) is 0 Å². The molecule has 1 atom stereocenters. The van der Waals surface area contributed by atoms with Crippen LogP contribution >= 0.6 is 0 Å². The lowest BCUT2D eigenvalue weighted by molar-refractivity contribution is -0.119. The molecule has 146 valence electrons. The lowest BCUT2D eigenvalue weighted by Gasteiger charge is -2.16. The van der Waals surface area contributed by atoms with Crippen LogP contribution in [-0.2, 0) is 14.8 Å². The fourth-order valence-corrected chi connectivity index (χ4v) is 4.88. The number of benzene rings is 2. The van der Waals surface area contributed by atoms with Gasteiger partial charge in [0, 0.05) is 18.8 Å². The van der Waals surface area contributed by atoms with Gasteiger partial charge in [0.2, 0.25) is 15.9 Å². The minimum absolute atomic E-state index is 0.0232. The van der Waals surface area contributed by atoms with Gasteiger partial charge < -0.3 is 10.3 Å². The van der Waals surface area contributed by atoms with Crippen molar-refractivity contribution in [1.29, 1.82) is 0 Å². The van der Waals surface area contributed by atoms with Gasteiger partial charge in [0.1, 0.15) is 11.6 Å². The highest BCUT2D eigenvalue weighted by Gasteiger charge is 2.35. The van der Waals surface area contributed by atoms with Crippen LogP contribution < -0.4 is 5.32 Å². The maximum atomic E-state index is 13.1. The van der Waals surface area contributed by atoms with Crippen LogP contribution in [0, 0.1) is 18.7 Å². The highest BCUT2D eigenvalue weighted by Crippen LogP contribution is 2.26. The Kier molecular flexibility index (Phi) is 4.64. The minimum Gasteiger partial charge on any atom is -0.342 e. The Hall–Kier alpha value is -2.78. The largest absolute Gasteiger partial charge is 0.342 e. The van der Waals surface area contributed by atoms with E-state index in [4.69, 9.17) is 0 Å². The number of H-pyrrole nitrogens is 1. The zero-order chi connectivity index (χ0) is 19.9. The summed E-state index contributed by atoms with van der Waals surface area (Å²) in [6.45, 7) is 2.19. The number of aromatic nitrogens is 2. The SMILES string of the molecule is Cc1nc2ccc(NC(=O)C3CCN(S(=O)(=O)c4ccc(F)cc4)C3)cc2[nH]1. The first-order valence-corrected chi connectivity index (χ1v) is 10.3. The Morgan fingerprint density at radius 2 is 2.00 bits per heavy atom. The zero-order valence-electron chi connectivity index (χ0n) is 15.1. The van der Waals surface area contributed by atoms with Gasteiger partial charge in [-0.2, -0.15) is 4.31 Å². The number of anilines is 1. The number of nitrogens with one attached hydrogen (secondary N) is 2. The number of hydrogen-bond donors (Lipinski definition) is 2. The van der Waals surface area contributed by atoms with Crippen LogP contribution in [0.25, 0.3) is 11.0 Å². The number of sulfonamides is 1. The molecule has 0 spiro atoms. The van der Waals surface area contributed by atoms with E-state index >= 15 is 0 Å². The second-order valence-electron chi connectivity index (χ2n) is 6.85. The second-order valence-corrected chi connectivity index (χ2v) is 8.78. The summed E-state index contributed by atoms with van der Waals surface area (Å²) < 4.78 is 39.7. The van der Waals surface area contributed by atoms with Crippen molar-refractivity contribution in [3.8, 4) is 0 Å². The van der Waals surface area contributed by atoms with Crippen LogP contribution in [0.4, 0.5) is 10.1 Å². The van der Waals surface area contributed by atoms with E-state index in [1.54, 1.807) is 12.1 Å². The Balaban J connectivity index is 1.45. The molecule has 0 saturated carbocycles. The van der Waals surface area contributed by atoms with E-state index in [1.165, 1.54) is 16.4 Å². The standard InChI is InChI=1S/C19H19FN4O3S/c1-12-21-17-7-4-15(10-18(17)22-12)23-19(25)13-8-9-24(11-13)28(26,27)16-5-2-14(20)3-6-16/h2-7,10,13H,8-9,11H2,1H3,(H,21,22)(H,23,25). The number of rotatable bonds is 4. The number of hydrogen-bond acceptors (Lipinski definition) is 4. The lowest BCUT2D eigenvalue weighted by atomic mass is 10.1. The molecule has 0 bridgehead atoms. The molecule has 0 radical (unpaired) electrons. The van der Waals surface area contributed by atoms with E-state index in [-0.39, 0.29) is 23.9 Å². The third-order valence-electron chi connectivity index (χ3n) is 4.84. The fourth-order valence-electron chi connectivity index (χ4n) is 3.38. The van der Waals surface area contributed by atoms with Crippen LogP contribution in [0.3, 0.4) is 0 Å². The molecular weight excluding hydrogens is 383 g/mol. The van der Waals surface area contributed by atoms with E-state index < -0.39 is 21.8 Å². The van der Waals surface area contributed by atoms with Gasteiger partial charge >= 0.3 is 0 Å². The summed E-state index contributed by atoms with van der Waals surface area (Å²) in [4.78, 5) is 20.1. The molecule has 3 aromatic rings. The smallest absolute Gasteiger partial charge is 0.243 e. The third kappa shape index (κ3) is 3.50. The highest BCUT2D eigenvalue weighted by atomic mass is 32.2. The number of amides is 1. The number of imidazole rings is 1. The molecule has 1 amide bonds. The van der Waals surface area contributed by atoms with Gasteiger partial charge in [-0.3, -0.25) is 4.79 Å². The third-order valence-corrected chi connectivity index (χ3v) is 6.72. The number of fused-ring (bicyclic) bond motifs is 1. The zero-order valence-corrected chi connectivity index (χ0v) is 16.0. The lowest BCUT2D eigenvalue weighted by Crippen LogP contribution is -2.31. The first-order chi connectivity index (χ1) is 13.3. The Morgan fingerprint density at radius 3 is 2.75 bits per heavy atom. The minimum atomic E-state index is -3.75. The normalized spacial score (nSPS) is 17.9. The first kappa shape index (κ1) is 18.6. The summed E-state index contributed by atoms with van der Waals surface area (Å²) in [5.41, 5.74) is 2.26. The highest BCUT2D eigenvalue weighted by molar-refractivity contribution is 7.89. The van der Waals surface area contributed by atoms with Crippen molar-refractivity contribution in [2.75, 3.05) is 18.4 Å². The number of carbonyl (C=O) groups is 1. The molecule has 9 heteroatoms. The molecule has 1 aliphatic rings. The summed E-state index contributed by atoms with van der Waals surface area (Å²) >= 11 is 0. The maximum Gasteiger partial charge on any atom is 0.243 e. The van der Waals surface area contributed by atoms with Crippen LogP contribution in [0.15, 0.2) is 47.4 Å². The predicted molar refractivity (Wildman–Crippen MR) is 103 cm³/mol. The topological polar surface area (TPSA) is 95.2 Å². The molecule has 1 fully saturated rings. The van der Waals surface area contributed by atoms with Gasteiger partial charge in [0.05, 0.1) is 21.8 Å². The van der Waals surface area contributed by atoms with Gasteiger partial charge in [-0.25, -0.2) is 17.8 Å². The maximum absolute atomic E-state index is 13.1. The predicted octanol–water partition coefficient (Wildman–Crippen LogP) is 2.66. The molecule has 7 nitrogen and oxygen atoms in total. The van der Waals surface area contributed by atoms with Crippen molar-refractivity contribution in [2.24, 2.45) is 5.92 Å². The molecule has 1 saturated heterocycles. The van der Waals surface area contributed by atoms with Crippen molar-refractivity contribution < 1.29 is 17.6 Å². The van der Waals surface area contributed by atoms with Crippen LogP contribution in [0.5, 0.6) is 0 Å². The Morgan fingerprint density at radius 1 is 1.25 bits per heavy atom. The monoisotopic (exact) mass is 402 g/mol. The Labute approximate surface area is 161 Å². The summed E-state index contributed by atoms with van der Waals surface area (Å²) in [6, 6.07) is 10.1. The molecule has 1 aliphatic heterocycles. The van der Waals surface area contributed by atoms with Crippen molar-refractivity contribution in [3.05, 3.63) is 54.1 Å². The number of aromatic amines is 1. The van der Waals surface area contributed by atoms with E-state index in [0.29, 0.717) is 12.1 Å². The molecule has 28 heavy (non-hydrogen) atoms. The molecule has 1 unspecified atom stereocenters. The molecule has 1 aromatic heterocycles. The average Bonchev–Trinajstić information content (AvgIpc) is 3.28. The number of aryl methyl sites for hydroxylation is 1. The summed E-state index contributed by atoms with van der Waals surface area (Å²) in [6.07, 6.45) is 0.428. The molecular formula is C19H19FN4O3S. The van der Waals surface area contributed by atoms with Crippen LogP contribution in [-0.4, -0.2) is 41.7 Å². The van der Waals surface area contributed by atoms with Crippen molar-refractivity contribution >= 4 is 32.7 Å². The molecule has 0 aliphatic carbocycles. The van der Waals surface area contributed by atoms with E-state index in [2.05, 4.69) is 15.3 Å². The first-order valence-electron chi connectivity index (χ1n) is 8.86. The van der Waals surface area contributed by atoms with E-state index in [0.717, 1.165) is 29.0 Å². The number of nitrogens with zero attached hydrogens (tertiary/aromatic N) is 2. The quantitative estimate of drug-likeness (QED) is 0.701. The van der Waals surface area contributed by atoms with E-state index in [1.807, 2.05) is 13.0 Å². The van der Waals surface area contributed by atoms with Gasteiger partial charge in [-0.15, -0.1) is 0 Å². The van der Waals surface area contributed by atoms with Crippen molar-refractivity contribution in [1.82, 2.24) is 14.3 Å². The fraction of sp³-hybridized carbons (Fsp3) is 0.263. The summed E-state index contributed by atoms with van der Waals surface area (Å²) in [7, 11) is -3.75. The molecule has 2 aromatic carbocycles. The molecule has 2 heterocycles. The Bertz CT molecular complexity index is 1140. The van der Waals surface area contributed by atoms with Crippen LogP contribution in [0.1, 0.15) is 12.2 Å². The van der Waals surface area contributed by atoms with Gasteiger partial charge in [0.25, 0.3) is 0 Å². The molecule has 2 N–H and O–H groups in total. The second kappa shape index (κ2) is 6.99. The van der Waals surface area contributed by atoms with Gasteiger partial charge in [-0.05, 0) is 55.8 Å². The van der Waals surface area contributed by atoms with Crippen molar-refractivity contribution in [2.45, 2.75) is 18.2 Å². The van der Waals surface area contributed by atoms with Gasteiger partial charge in [0.15, 0.2) is 0 Å². The molecule has 4 rings (SSSR count). The van der Waals surface area contributed by atoms with Crippen LogP contribution in [0.2, 0.25) is 0 Å². The van der Waals surface area contributed by atoms with E-state index in [9.17, 15) is 17.6 Å². The number of halogens is 1. The number of carbonyl (C=O) groups excluding carboxylic acids is 1. The van der Waals surface area contributed by atoms with Gasteiger partial charge in [-0.1, -0.05) is 0 Å². The average molecular weight is 402 g/mol. The summed E-state index contributed by atoms with van der Waals surface area (Å²) in [5.74, 6) is -0.389. The summed E-state index contributed by atoms with van der Waals surface area (Å²) in [5, 5.41) is 2.85.